The molecule has 2 aliphatic heterocycles. The molecule has 0 atom stereocenters. The van der Waals surface area contributed by atoms with Crippen LogP contribution in [0.15, 0.2) is 157 Å². The van der Waals surface area contributed by atoms with Crippen molar-refractivity contribution in [2.24, 2.45) is 0 Å². The highest BCUT2D eigenvalue weighted by Crippen LogP contribution is 2.39. The van der Waals surface area contributed by atoms with Gasteiger partial charge in [0.15, 0.2) is 11.6 Å². The van der Waals surface area contributed by atoms with E-state index in [-0.39, 0.29) is 25.4 Å². The Morgan fingerprint density at radius 2 is 0.968 bits per heavy atom. The van der Waals surface area contributed by atoms with Crippen molar-refractivity contribution in [2.75, 3.05) is 11.5 Å². The summed E-state index contributed by atoms with van der Waals surface area (Å²) in [4.78, 5) is 17.5. The van der Waals surface area contributed by atoms with Crippen LogP contribution in [-0.4, -0.2) is 41.8 Å². The van der Waals surface area contributed by atoms with Crippen molar-refractivity contribution in [3.8, 4) is 34.4 Å². The van der Waals surface area contributed by atoms with Gasteiger partial charge in [0.2, 0.25) is 10.0 Å². The van der Waals surface area contributed by atoms with Gasteiger partial charge in [0.1, 0.15) is 46.7 Å². The lowest BCUT2D eigenvalue weighted by Crippen LogP contribution is -2.26. The third-order valence-corrected chi connectivity index (χ3v) is 12.5. The maximum absolute atomic E-state index is 13.3. The quantitative estimate of drug-likeness (QED) is 0.133. The van der Waals surface area contributed by atoms with Crippen molar-refractivity contribution in [1.29, 1.82) is 0 Å². The van der Waals surface area contributed by atoms with Crippen LogP contribution in [0.3, 0.4) is 0 Å². The minimum absolute atomic E-state index is 0. The van der Waals surface area contributed by atoms with Crippen molar-refractivity contribution < 1.29 is 17.9 Å². The first-order valence-corrected chi connectivity index (χ1v) is 21.0. The fourth-order valence-corrected chi connectivity index (χ4v) is 9.34. The summed E-state index contributed by atoms with van der Waals surface area (Å²) >= 11 is 0. The molecular weight excluding hydrogens is 801 g/mol. The van der Waals surface area contributed by atoms with Gasteiger partial charge < -0.3 is 35.4 Å². The molecule has 0 bridgehead atoms. The van der Waals surface area contributed by atoms with Gasteiger partial charge in [-0.2, -0.15) is 4.31 Å². The van der Waals surface area contributed by atoms with Crippen LogP contribution >= 0.6 is 0 Å². The summed E-state index contributed by atoms with van der Waals surface area (Å²) in [6, 6.07) is 43.3. The topological polar surface area (TPSA) is 181 Å². The highest BCUT2D eigenvalue weighted by molar-refractivity contribution is 7.89. The second kappa shape index (κ2) is 16.5. The Kier molecular flexibility index (Phi) is 10.6. The number of benzene rings is 5. The molecule has 0 unspecified atom stereocenters. The van der Waals surface area contributed by atoms with Gasteiger partial charge in [-0.05, 0) is 84.9 Å². The van der Waals surface area contributed by atoms with Gasteiger partial charge in [0, 0.05) is 53.5 Å². The zero-order valence-corrected chi connectivity index (χ0v) is 33.4. The Balaban J connectivity index is 0.000000162. The predicted octanol–water partition coefficient (Wildman–Crippen LogP) is 8.53. The van der Waals surface area contributed by atoms with Gasteiger partial charge in [0.05, 0.1) is 22.5 Å². The fourth-order valence-electron chi connectivity index (χ4n) is 7.95. The number of hydrogen-bond donors (Lipinski definition) is 3. The lowest BCUT2D eigenvalue weighted by atomic mass is 10.2. The molecule has 62 heavy (non-hydrogen) atoms. The summed E-state index contributed by atoms with van der Waals surface area (Å²) in [5.74, 6) is 3.86. The maximum Gasteiger partial charge on any atom is 0.243 e. The maximum atomic E-state index is 13.3. The van der Waals surface area contributed by atoms with Crippen LogP contribution in [-0.2, 0) is 36.2 Å². The van der Waals surface area contributed by atoms with Gasteiger partial charge in [-0.3, -0.25) is 0 Å². The number of sulfonamides is 1. The Labute approximate surface area is 358 Å². The van der Waals surface area contributed by atoms with Crippen molar-refractivity contribution >= 4 is 43.7 Å². The molecule has 0 radical (unpaired) electrons. The third kappa shape index (κ3) is 7.23. The van der Waals surface area contributed by atoms with Crippen LogP contribution in [0.5, 0.6) is 23.0 Å². The summed E-state index contributed by atoms with van der Waals surface area (Å²) in [5, 5.41) is 3.39. The number of fused-ring (bicyclic) bond motifs is 6. The number of ether oxygens (including phenoxy) is 2. The molecule has 0 spiro atoms. The highest BCUT2D eigenvalue weighted by Gasteiger charge is 2.36. The zero-order valence-electron chi connectivity index (χ0n) is 32.6. The molecular formula is C47H42N10O4S. The average molecular weight is 843 g/mol. The Morgan fingerprint density at radius 3 is 1.48 bits per heavy atom. The molecule has 310 valence electrons. The summed E-state index contributed by atoms with van der Waals surface area (Å²) in [7, 11) is -3.67. The van der Waals surface area contributed by atoms with E-state index in [1.54, 1.807) is 30.3 Å². The smallest absolute Gasteiger partial charge is 0.243 e. The van der Waals surface area contributed by atoms with Gasteiger partial charge in [-0.25, -0.2) is 28.4 Å². The Morgan fingerprint density at radius 1 is 0.516 bits per heavy atom. The number of nitrogen functional groups attached to an aromatic ring is 2. The minimum Gasteiger partial charge on any atom is -0.457 e. The van der Waals surface area contributed by atoms with Crippen LogP contribution in [0.25, 0.3) is 33.4 Å². The second-order valence-corrected chi connectivity index (χ2v) is 16.4. The van der Waals surface area contributed by atoms with E-state index in [9.17, 15) is 8.42 Å². The molecule has 0 saturated heterocycles. The van der Waals surface area contributed by atoms with Crippen LogP contribution in [0, 0.1) is 0 Å². The van der Waals surface area contributed by atoms with Gasteiger partial charge in [-0.15, -0.1) is 0 Å². The second-order valence-electron chi connectivity index (χ2n) is 14.4. The van der Waals surface area contributed by atoms with E-state index in [2.05, 4.69) is 29.8 Å². The Bertz CT molecular complexity index is 3140. The number of hydrogen-bond acceptors (Lipinski definition) is 11. The molecule has 15 heteroatoms. The van der Waals surface area contributed by atoms with E-state index >= 15 is 0 Å². The van der Waals surface area contributed by atoms with Crippen molar-refractivity contribution in [1.82, 2.24) is 38.7 Å². The van der Waals surface area contributed by atoms with E-state index in [1.165, 1.54) is 28.2 Å². The van der Waals surface area contributed by atoms with E-state index in [1.807, 2.05) is 114 Å². The van der Waals surface area contributed by atoms with E-state index < -0.39 is 10.0 Å². The molecule has 9 aromatic rings. The number of nitrogens with one attached hydrogen (secondary N) is 1. The normalized spacial score (nSPS) is 13.2. The molecule has 2 aliphatic rings. The molecule has 0 aliphatic carbocycles. The first-order chi connectivity index (χ1) is 29.8. The molecule has 4 aromatic heterocycles. The number of nitrogens with zero attached hydrogens (tertiary/aromatic N) is 7. The SMILES string of the molecule is C.Nc1ncnc2c3c(n(-c4ccc(Oc5ccccc5)cc4)c12)CN(S(=O)(=O)c1ccccc1)C3.Nc1ncnc2c3c(n(-c4ccc(Oc5ccccc5)cc4)c12)CNC3. The van der Waals surface area contributed by atoms with Crippen molar-refractivity contribution in [3.05, 3.63) is 175 Å². The van der Waals surface area contributed by atoms with E-state index in [0.29, 0.717) is 28.4 Å². The molecule has 6 heterocycles. The molecule has 5 aromatic carbocycles. The highest BCUT2D eigenvalue weighted by atomic mass is 32.2. The lowest BCUT2D eigenvalue weighted by Gasteiger charge is -2.18. The number of anilines is 2. The first kappa shape index (κ1) is 39.8. The van der Waals surface area contributed by atoms with Gasteiger partial charge in [-0.1, -0.05) is 62.0 Å². The molecule has 0 fully saturated rings. The monoisotopic (exact) mass is 842 g/mol. The zero-order chi connectivity index (χ0) is 41.5. The summed E-state index contributed by atoms with van der Waals surface area (Å²) in [5.41, 5.74) is 21.4. The number of aromatic nitrogens is 6. The predicted molar refractivity (Wildman–Crippen MR) is 240 cm³/mol. The van der Waals surface area contributed by atoms with Gasteiger partial charge >= 0.3 is 0 Å². The molecule has 0 amide bonds. The van der Waals surface area contributed by atoms with Gasteiger partial charge in [0.25, 0.3) is 0 Å². The van der Waals surface area contributed by atoms with Crippen LogP contribution in [0.2, 0.25) is 0 Å². The minimum atomic E-state index is -3.67. The third-order valence-electron chi connectivity index (χ3n) is 10.7. The molecule has 0 saturated carbocycles. The van der Waals surface area contributed by atoms with Crippen LogP contribution < -0.4 is 26.3 Å². The first-order valence-electron chi connectivity index (χ1n) is 19.5. The van der Waals surface area contributed by atoms with Crippen molar-refractivity contribution in [2.45, 2.75) is 38.5 Å². The molecule has 5 N–H and O–H groups in total. The Hall–Kier alpha value is -7.59. The van der Waals surface area contributed by atoms with E-state index in [4.69, 9.17) is 20.9 Å². The van der Waals surface area contributed by atoms with Crippen molar-refractivity contribution in [3.63, 3.8) is 0 Å². The molecule has 11 rings (SSSR count). The van der Waals surface area contributed by atoms with Crippen LogP contribution in [0.4, 0.5) is 11.6 Å². The lowest BCUT2D eigenvalue weighted by molar-refractivity contribution is 0.428. The summed E-state index contributed by atoms with van der Waals surface area (Å²) in [6.07, 6.45) is 2.94. The van der Waals surface area contributed by atoms with E-state index in [0.717, 1.165) is 64.0 Å². The summed E-state index contributed by atoms with van der Waals surface area (Å²) < 4.78 is 44.0. The number of rotatable bonds is 8. The van der Waals surface area contributed by atoms with Crippen LogP contribution in [0.1, 0.15) is 29.9 Å². The average Bonchev–Trinajstić information content (AvgIpc) is 4.08. The summed E-state index contributed by atoms with van der Waals surface area (Å²) in [6.45, 7) is 1.99. The standard InChI is InChI=1S/C26H21N5O3S.C20H17N5O.CH4/c27-26-25-24(28-17-29-26)22-15-30(35(32,33)21-9-5-2-6-10-21)16-23(22)31(25)18-11-13-20(14-12-18)34-19-7-3-1-4-8-19;21-20-19-18(23-12-24-20)16-10-22-11-17(16)25(19)13-6-8-15(9-7-13)26-14-4-2-1-3-5-14;/h1-14,17H,15-16H2,(H2,27,28,29);1-9,12,22H,10-11H2,(H2,21,23,24);1H4. The number of para-hydroxylation sites is 2. The largest absolute Gasteiger partial charge is 0.457 e. The number of nitrogens with two attached hydrogens (primary N) is 2. The fraction of sp³-hybridized carbons (Fsp3) is 0.106. The molecule has 14 nitrogen and oxygen atoms in total.